The van der Waals surface area contributed by atoms with Crippen LogP contribution in [-0.2, 0) is 4.74 Å². The number of imidazole rings is 1. The maximum atomic E-state index is 13.7. The van der Waals surface area contributed by atoms with Gasteiger partial charge in [0, 0.05) is 19.2 Å². The van der Waals surface area contributed by atoms with E-state index < -0.39 is 0 Å². The van der Waals surface area contributed by atoms with Gasteiger partial charge in [-0.05, 0) is 53.7 Å². The Kier molecular flexibility index (Phi) is 3.19. The second-order valence-electron chi connectivity index (χ2n) is 4.57. The zero-order valence-electron chi connectivity index (χ0n) is 9.74. The molecule has 0 spiro atoms. The highest BCUT2D eigenvalue weighted by atomic mass is 127. The second kappa shape index (κ2) is 4.57. The molecular formula is C12H12FIN2OS. The number of hydrogen-bond donors (Lipinski definition) is 1. The minimum atomic E-state index is -0.200. The standard InChI is InChI=1S/C12H12FIN2OS/c1-17-7-2-6(3-7)16-11-4-8(13)9(14)5-10(11)15-12(16)18/h4-7H,2-3H2,1H3,(H,15,18). The third-order valence-corrected chi connectivity index (χ3v) is 4.65. The van der Waals surface area contributed by atoms with Gasteiger partial charge in [-0.2, -0.15) is 0 Å². The minimum absolute atomic E-state index is 0.200. The number of methoxy groups -OCH3 is 1. The fraction of sp³-hybridized carbons (Fsp3) is 0.417. The van der Waals surface area contributed by atoms with Crippen LogP contribution < -0.4 is 0 Å². The summed E-state index contributed by atoms with van der Waals surface area (Å²) in [6, 6.07) is 3.67. The number of hydrogen-bond acceptors (Lipinski definition) is 2. The third-order valence-electron chi connectivity index (χ3n) is 3.53. The summed E-state index contributed by atoms with van der Waals surface area (Å²) in [6.45, 7) is 0. The van der Waals surface area contributed by atoms with Gasteiger partial charge >= 0.3 is 0 Å². The van der Waals surface area contributed by atoms with E-state index in [1.807, 2.05) is 27.2 Å². The lowest BCUT2D eigenvalue weighted by atomic mass is 9.89. The molecule has 3 nitrogen and oxygen atoms in total. The normalized spacial score (nSPS) is 23.3. The molecule has 0 bridgehead atoms. The largest absolute Gasteiger partial charge is 0.381 e. The Morgan fingerprint density at radius 3 is 2.89 bits per heavy atom. The smallest absolute Gasteiger partial charge is 0.178 e. The summed E-state index contributed by atoms with van der Waals surface area (Å²) in [5.74, 6) is -0.200. The monoisotopic (exact) mass is 378 g/mol. The minimum Gasteiger partial charge on any atom is -0.381 e. The zero-order chi connectivity index (χ0) is 12.9. The molecule has 1 heterocycles. The summed E-state index contributed by atoms with van der Waals surface area (Å²) in [5.41, 5.74) is 1.74. The highest BCUT2D eigenvalue weighted by molar-refractivity contribution is 14.1. The third kappa shape index (κ3) is 1.90. The molecule has 0 unspecified atom stereocenters. The van der Waals surface area contributed by atoms with Crippen molar-refractivity contribution in [2.75, 3.05) is 7.11 Å². The SMILES string of the molecule is COC1CC(n2c(=S)[nH]c3cc(I)c(F)cc32)C1. The summed E-state index contributed by atoms with van der Waals surface area (Å²) in [7, 11) is 1.72. The quantitative estimate of drug-likeness (QED) is 0.637. The van der Waals surface area contributed by atoms with E-state index in [1.54, 1.807) is 19.2 Å². The summed E-state index contributed by atoms with van der Waals surface area (Å²) in [4.78, 5) is 3.14. The number of fused-ring (bicyclic) bond motifs is 1. The summed E-state index contributed by atoms with van der Waals surface area (Å²) in [6.07, 6.45) is 2.17. The Balaban J connectivity index is 2.09. The number of aromatic amines is 1. The number of nitrogens with zero attached hydrogens (tertiary/aromatic N) is 1. The highest BCUT2D eigenvalue weighted by Gasteiger charge is 2.32. The summed E-state index contributed by atoms with van der Waals surface area (Å²) >= 11 is 7.32. The second-order valence-corrected chi connectivity index (χ2v) is 6.12. The molecule has 1 aromatic carbocycles. The first-order chi connectivity index (χ1) is 8.60. The van der Waals surface area contributed by atoms with Crippen LogP contribution in [0.1, 0.15) is 18.9 Å². The molecule has 1 aliphatic rings. The maximum absolute atomic E-state index is 13.7. The zero-order valence-corrected chi connectivity index (χ0v) is 12.7. The van der Waals surface area contributed by atoms with Crippen LogP contribution >= 0.6 is 34.8 Å². The van der Waals surface area contributed by atoms with Crippen molar-refractivity contribution in [2.45, 2.75) is 25.0 Å². The topological polar surface area (TPSA) is 29.9 Å². The number of H-pyrrole nitrogens is 1. The first-order valence-electron chi connectivity index (χ1n) is 5.72. The first-order valence-corrected chi connectivity index (χ1v) is 7.21. The van der Waals surface area contributed by atoms with Gasteiger partial charge in [0.05, 0.1) is 20.7 Å². The van der Waals surface area contributed by atoms with Gasteiger partial charge < -0.3 is 14.3 Å². The molecule has 1 aromatic heterocycles. The summed E-state index contributed by atoms with van der Waals surface area (Å²) in [5, 5.41) is 0. The Morgan fingerprint density at radius 2 is 2.22 bits per heavy atom. The van der Waals surface area contributed by atoms with Crippen LogP contribution in [0.4, 0.5) is 4.39 Å². The van der Waals surface area contributed by atoms with E-state index in [9.17, 15) is 4.39 Å². The predicted molar refractivity (Wildman–Crippen MR) is 78.9 cm³/mol. The average Bonchev–Trinajstić information content (AvgIpc) is 2.55. The number of rotatable bonds is 2. The van der Waals surface area contributed by atoms with E-state index >= 15 is 0 Å². The lowest BCUT2D eigenvalue weighted by Gasteiger charge is -2.35. The van der Waals surface area contributed by atoms with E-state index in [4.69, 9.17) is 17.0 Å². The Bertz CT molecular complexity index is 660. The van der Waals surface area contributed by atoms with E-state index in [1.165, 1.54) is 0 Å². The predicted octanol–water partition coefficient (Wildman–Crippen LogP) is 3.79. The van der Waals surface area contributed by atoms with Crippen molar-refractivity contribution in [2.24, 2.45) is 0 Å². The van der Waals surface area contributed by atoms with Crippen molar-refractivity contribution in [3.05, 3.63) is 26.3 Å². The van der Waals surface area contributed by atoms with Crippen LogP contribution in [0, 0.1) is 14.2 Å². The highest BCUT2D eigenvalue weighted by Crippen LogP contribution is 2.37. The van der Waals surface area contributed by atoms with Gasteiger partial charge in [-0.1, -0.05) is 0 Å². The van der Waals surface area contributed by atoms with Crippen molar-refractivity contribution in [3.8, 4) is 0 Å². The summed E-state index contributed by atoms with van der Waals surface area (Å²) < 4.78 is 22.2. The molecule has 1 aliphatic carbocycles. The van der Waals surface area contributed by atoms with Crippen LogP contribution in [0.2, 0.25) is 0 Å². The lowest BCUT2D eigenvalue weighted by Crippen LogP contribution is -2.32. The Labute approximate surface area is 122 Å². The molecule has 0 saturated heterocycles. The maximum Gasteiger partial charge on any atom is 0.178 e. The van der Waals surface area contributed by atoms with Gasteiger partial charge in [-0.25, -0.2) is 4.39 Å². The molecule has 0 atom stereocenters. The van der Waals surface area contributed by atoms with Crippen molar-refractivity contribution < 1.29 is 9.13 Å². The fourth-order valence-electron chi connectivity index (χ4n) is 2.42. The molecular weight excluding hydrogens is 366 g/mol. The fourth-order valence-corrected chi connectivity index (χ4v) is 3.25. The molecule has 3 rings (SSSR count). The molecule has 1 N–H and O–H groups in total. The van der Waals surface area contributed by atoms with Crippen LogP contribution in [0.3, 0.4) is 0 Å². The van der Waals surface area contributed by atoms with Crippen molar-refractivity contribution >= 4 is 45.8 Å². The molecule has 0 amide bonds. The van der Waals surface area contributed by atoms with Crippen molar-refractivity contribution in [3.63, 3.8) is 0 Å². The molecule has 0 radical (unpaired) electrons. The average molecular weight is 378 g/mol. The van der Waals surface area contributed by atoms with Crippen LogP contribution in [0.25, 0.3) is 11.0 Å². The molecule has 2 aromatic rings. The molecule has 96 valence electrons. The van der Waals surface area contributed by atoms with Gasteiger partial charge in [-0.3, -0.25) is 0 Å². The van der Waals surface area contributed by atoms with Crippen LogP contribution in [0.5, 0.6) is 0 Å². The van der Waals surface area contributed by atoms with Crippen molar-refractivity contribution in [1.82, 2.24) is 9.55 Å². The molecule has 1 saturated carbocycles. The molecule has 18 heavy (non-hydrogen) atoms. The van der Waals surface area contributed by atoms with Gasteiger partial charge in [0.1, 0.15) is 5.82 Å². The van der Waals surface area contributed by atoms with Gasteiger partial charge in [0.15, 0.2) is 4.77 Å². The number of aromatic nitrogens is 2. The van der Waals surface area contributed by atoms with Crippen LogP contribution in [-0.4, -0.2) is 22.8 Å². The van der Waals surface area contributed by atoms with E-state index in [2.05, 4.69) is 4.98 Å². The lowest BCUT2D eigenvalue weighted by molar-refractivity contribution is 0.00697. The van der Waals surface area contributed by atoms with E-state index in [0.29, 0.717) is 20.5 Å². The number of nitrogens with one attached hydrogen (secondary N) is 1. The van der Waals surface area contributed by atoms with Gasteiger partial charge in [0.25, 0.3) is 0 Å². The van der Waals surface area contributed by atoms with E-state index in [0.717, 1.165) is 23.9 Å². The number of halogens is 2. The van der Waals surface area contributed by atoms with E-state index in [-0.39, 0.29) is 5.82 Å². The van der Waals surface area contributed by atoms with Gasteiger partial charge in [-0.15, -0.1) is 0 Å². The Hall–Kier alpha value is -0.470. The van der Waals surface area contributed by atoms with Crippen molar-refractivity contribution in [1.29, 1.82) is 0 Å². The van der Waals surface area contributed by atoms with Crippen LogP contribution in [0.15, 0.2) is 12.1 Å². The molecule has 1 fully saturated rings. The Morgan fingerprint density at radius 1 is 1.50 bits per heavy atom. The molecule has 6 heteroatoms. The van der Waals surface area contributed by atoms with Gasteiger partial charge in [0.2, 0.25) is 0 Å². The first kappa shape index (κ1) is 12.6. The number of benzene rings is 1. The number of ether oxygens (including phenoxy) is 1. The molecule has 0 aliphatic heterocycles.